The van der Waals surface area contributed by atoms with Gasteiger partial charge in [0.1, 0.15) is 23.1 Å². The second-order valence-electron chi connectivity index (χ2n) is 2.17. The fourth-order valence-electron chi connectivity index (χ4n) is 0.989. The van der Waals surface area contributed by atoms with Crippen LogP contribution in [-0.2, 0) is 0 Å². The smallest absolute Gasteiger partial charge is 0.191 e. The average molecular weight is 246 g/mol. The van der Waals surface area contributed by atoms with Crippen LogP contribution >= 0.6 is 27.3 Å². The van der Waals surface area contributed by atoms with Crippen molar-refractivity contribution >= 4 is 27.3 Å². The summed E-state index contributed by atoms with van der Waals surface area (Å²) in [6.07, 6.45) is 0. The van der Waals surface area contributed by atoms with Crippen molar-refractivity contribution in [2.24, 2.45) is 0 Å². The number of hydrogen-bond donors (Lipinski definition) is 0. The molecule has 0 saturated carbocycles. The van der Waals surface area contributed by atoms with Gasteiger partial charge in [-0.3, -0.25) is 0 Å². The number of nitrogens with zero attached hydrogens (tertiary/aromatic N) is 1. The SMILES string of the molecule is N#Cc1sc(Br)c2c1OCCO2. The molecule has 62 valence electrons. The summed E-state index contributed by atoms with van der Waals surface area (Å²) in [5.74, 6) is 1.25. The van der Waals surface area contributed by atoms with Gasteiger partial charge in [0.15, 0.2) is 16.4 Å². The number of nitriles is 1. The fraction of sp³-hybridized carbons (Fsp3) is 0.286. The summed E-state index contributed by atoms with van der Waals surface area (Å²) in [5, 5.41) is 8.71. The predicted octanol–water partition coefficient (Wildman–Crippen LogP) is 2.15. The van der Waals surface area contributed by atoms with Crippen LogP contribution in [0.4, 0.5) is 0 Å². The van der Waals surface area contributed by atoms with E-state index in [-0.39, 0.29) is 0 Å². The van der Waals surface area contributed by atoms with E-state index < -0.39 is 0 Å². The van der Waals surface area contributed by atoms with Gasteiger partial charge in [-0.2, -0.15) is 5.26 Å². The summed E-state index contributed by atoms with van der Waals surface area (Å²) < 4.78 is 11.5. The highest BCUT2D eigenvalue weighted by atomic mass is 79.9. The molecule has 0 amide bonds. The zero-order valence-electron chi connectivity index (χ0n) is 5.96. The van der Waals surface area contributed by atoms with E-state index in [9.17, 15) is 0 Å². The quantitative estimate of drug-likeness (QED) is 0.704. The highest BCUT2D eigenvalue weighted by Crippen LogP contribution is 2.46. The Morgan fingerprint density at radius 1 is 1.33 bits per heavy atom. The number of thiophene rings is 1. The lowest BCUT2D eigenvalue weighted by atomic mass is 10.4. The van der Waals surface area contributed by atoms with E-state index in [1.165, 1.54) is 11.3 Å². The van der Waals surface area contributed by atoms with Gasteiger partial charge in [-0.1, -0.05) is 0 Å². The molecule has 3 nitrogen and oxygen atoms in total. The van der Waals surface area contributed by atoms with Crippen LogP contribution < -0.4 is 9.47 Å². The van der Waals surface area contributed by atoms with Crippen molar-refractivity contribution < 1.29 is 9.47 Å². The molecule has 0 atom stereocenters. The highest BCUT2D eigenvalue weighted by molar-refractivity contribution is 9.11. The van der Waals surface area contributed by atoms with Crippen molar-refractivity contribution in [3.63, 3.8) is 0 Å². The first-order valence-electron chi connectivity index (χ1n) is 3.31. The second-order valence-corrected chi connectivity index (χ2v) is 4.51. The Kier molecular flexibility index (Phi) is 1.95. The average Bonchev–Trinajstić information content (AvgIpc) is 2.44. The Labute approximate surface area is 81.6 Å². The molecular weight excluding hydrogens is 242 g/mol. The van der Waals surface area contributed by atoms with Crippen molar-refractivity contribution in [3.05, 3.63) is 8.66 Å². The van der Waals surface area contributed by atoms with Crippen molar-refractivity contribution in [2.75, 3.05) is 13.2 Å². The van der Waals surface area contributed by atoms with Crippen molar-refractivity contribution in [3.8, 4) is 17.6 Å². The molecule has 1 aromatic heterocycles. The summed E-state index contributed by atoms with van der Waals surface area (Å²) >= 11 is 4.64. The Balaban J connectivity index is 2.56. The normalized spacial score (nSPS) is 14.0. The molecule has 2 rings (SSSR count). The molecule has 1 aliphatic heterocycles. The standard InChI is InChI=1S/C7H4BrNO2S/c8-7-6-5(4(3-9)12-7)10-1-2-11-6/h1-2H2. The van der Waals surface area contributed by atoms with Crippen molar-refractivity contribution in [1.29, 1.82) is 5.26 Å². The van der Waals surface area contributed by atoms with Crippen LogP contribution in [0.3, 0.4) is 0 Å². The number of fused-ring (bicyclic) bond motifs is 1. The van der Waals surface area contributed by atoms with E-state index in [0.717, 1.165) is 3.79 Å². The van der Waals surface area contributed by atoms with Crippen molar-refractivity contribution in [1.82, 2.24) is 0 Å². The van der Waals surface area contributed by atoms with E-state index in [1.54, 1.807) is 0 Å². The first-order chi connectivity index (χ1) is 5.83. The van der Waals surface area contributed by atoms with Crippen LogP contribution in [0.5, 0.6) is 11.5 Å². The molecule has 0 aromatic carbocycles. The molecule has 0 spiro atoms. The molecule has 0 N–H and O–H groups in total. The van der Waals surface area contributed by atoms with Crippen LogP contribution in [0.15, 0.2) is 3.79 Å². The second kappa shape index (κ2) is 2.96. The van der Waals surface area contributed by atoms with E-state index in [2.05, 4.69) is 22.0 Å². The molecule has 0 radical (unpaired) electrons. The lowest BCUT2D eigenvalue weighted by Gasteiger charge is -2.14. The Morgan fingerprint density at radius 3 is 2.67 bits per heavy atom. The maximum absolute atomic E-state index is 8.71. The maximum Gasteiger partial charge on any atom is 0.191 e. The highest BCUT2D eigenvalue weighted by Gasteiger charge is 2.22. The minimum absolute atomic E-state index is 0.519. The molecule has 5 heteroatoms. The maximum atomic E-state index is 8.71. The summed E-state index contributed by atoms with van der Waals surface area (Å²) in [6.45, 7) is 1.07. The summed E-state index contributed by atoms with van der Waals surface area (Å²) in [5.41, 5.74) is 0. The molecule has 0 unspecified atom stereocenters. The molecule has 0 aliphatic carbocycles. The largest absolute Gasteiger partial charge is 0.484 e. The summed E-state index contributed by atoms with van der Waals surface area (Å²) in [4.78, 5) is 0.566. The van der Waals surface area contributed by atoms with Gasteiger partial charge < -0.3 is 9.47 Å². The van der Waals surface area contributed by atoms with Crippen LogP contribution in [-0.4, -0.2) is 13.2 Å². The predicted molar refractivity (Wildman–Crippen MR) is 47.7 cm³/mol. The van der Waals surface area contributed by atoms with E-state index >= 15 is 0 Å². The first-order valence-corrected chi connectivity index (χ1v) is 4.92. The third-order valence-electron chi connectivity index (χ3n) is 1.46. The Bertz CT molecular complexity index is 355. The molecule has 0 saturated heterocycles. The number of ether oxygens (including phenoxy) is 2. The summed E-state index contributed by atoms with van der Waals surface area (Å²) in [6, 6.07) is 2.06. The van der Waals surface area contributed by atoms with Gasteiger partial charge in [0.05, 0.1) is 0 Å². The molecule has 2 heterocycles. The lowest BCUT2D eigenvalue weighted by molar-refractivity contribution is 0.172. The number of halogens is 1. The van der Waals surface area contributed by atoms with Gasteiger partial charge in [-0.25, -0.2) is 0 Å². The molecule has 0 fully saturated rings. The van der Waals surface area contributed by atoms with Crippen LogP contribution in [0.25, 0.3) is 0 Å². The van der Waals surface area contributed by atoms with Gasteiger partial charge in [0, 0.05) is 0 Å². The molecule has 1 aromatic rings. The van der Waals surface area contributed by atoms with Gasteiger partial charge in [0.25, 0.3) is 0 Å². The van der Waals surface area contributed by atoms with Crippen LogP contribution in [0.1, 0.15) is 4.88 Å². The molecular formula is C7H4BrNO2S. The summed E-state index contributed by atoms with van der Waals surface area (Å²) in [7, 11) is 0. The topological polar surface area (TPSA) is 42.2 Å². The minimum Gasteiger partial charge on any atom is -0.484 e. The van der Waals surface area contributed by atoms with Gasteiger partial charge in [0.2, 0.25) is 0 Å². The Morgan fingerprint density at radius 2 is 2.00 bits per heavy atom. The van der Waals surface area contributed by atoms with E-state index in [1.807, 2.05) is 0 Å². The van der Waals surface area contributed by atoms with Crippen molar-refractivity contribution in [2.45, 2.75) is 0 Å². The van der Waals surface area contributed by atoms with Gasteiger partial charge >= 0.3 is 0 Å². The van der Waals surface area contributed by atoms with Crippen LogP contribution in [0, 0.1) is 11.3 Å². The van der Waals surface area contributed by atoms with Crippen LogP contribution in [0.2, 0.25) is 0 Å². The third-order valence-corrected chi connectivity index (χ3v) is 3.15. The number of rotatable bonds is 0. The molecule has 1 aliphatic rings. The fourth-order valence-corrected chi connectivity index (χ4v) is 2.48. The minimum atomic E-state index is 0.519. The monoisotopic (exact) mass is 245 g/mol. The van der Waals surface area contributed by atoms with E-state index in [4.69, 9.17) is 14.7 Å². The zero-order valence-corrected chi connectivity index (χ0v) is 8.37. The lowest BCUT2D eigenvalue weighted by Crippen LogP contribution is -2.14. The Hall–Kier alpha value is -0.730. The zero-order chi connectivity index (χ0) is 8.55. The van der Waals surface area contributed by atoms with Gasteiger partial charge in [-0.15, -0.1) is 11.3 Å². The van der Waals surface area contributed by atoms with Gasteiger partial charge in [-0.05, 0) is 15.9 Å². The van der Waals surface area contributed by atoms with E-state index in [0.29, 0.717) is 29.6 Å². The third kappa shape index (κ3) is 1.08. The molecule has 12 heavy (non-hydrogen) atoms. The number of hydrogen-bond acceptors (Lipinski definition) is 4. The molecule has 0 bridgehead atoms. The first kappa shape index (κ1) is 7.90.